The fourth-order valence-corrected chi connectivity index (χ4v) is 3.86. The second-order valence-electron chi connectivity index (χ2n) is 7.88. The van der Waals surface area contributed by atoms with Crippen LogP contribution in [0.25, 0.3) is 22.0 Å². The number of aryl methyl sites for hydroxylation is 1. The molecule has 182 valence electrons. The lowest BCUT2D eigenvalue weighted by molar-refractivity contribution is -0.274. The van der Waals surface area contributed by atoms with Gasteiger partial charge in [-0.2, -0.15) is 0 Å². The van der Waals surface area contributed by atoms with Gasteiger partial charge in [0, 0.05) is 23.1 Å². The predicted molar refractivity (Wildman–Crippen MR) is 128 cm³/mol. The maximum Gasteiger partial charge on any atom is 0.573 e. The van der Waals surface area contributed by atoms with Crippen LogP contribution in [0.3, 0.4) is 0 Å². The van der Waals surface area contributed by atoms with E-state index in [1.54, 1.807) is 51.5 Å². The summed E-state index contributed by atoms with van der Waals surface area (Å²) in [6.45, 7) is 3.74. The van der Waals surface area contributed by atoms with Crippen molar-refractivity contribution >= 4 is 16.7 Å². The summed E-state index contributed by atoms with van der Waals surface area (Å²) in [5.74, 6) is 2.03. The van der Waals surface area contributed by atoms with Crippen LogP contribution < -0.4 is 19.5 Å². The van der Waals surface area contributed by atoms with Crippen molar-refractivity contribution in [3.8, 4) is 28.4 Å². The summed E-state index contributed by atoms with van der Waals surface area (Å²) in [6, 6.07) is 16.7. The Labute approximate surface area is 200 Å². The topological polar surface area (TPSA) is 65.5 Å². The monoisotopic (exact) mass is 483 g/mol. The van der Waals surface area contributed by atoms with E-state index in [0.717, 1.165) is 10.9 Å². The quantitative estimate of drug-likeness (QED) is 0.316. The van der Waals surface area contributed by atoms with Crippen molar-refractivity contribution < 1.29 is 27.4 Å². The molecule has 0 aliphatic carbocycles. The molecule has 0 radical (unpaired) electrons. The molecule has 4 rings (SSSR count). The molecule has 0 fully saturated rings. The molecular formula is C26H24F3N3O3. The molecule has 1 aromatic heterocycles. The van der Waals surface area contributed by atoms with Crippen LogP contribution >= 0.6 is 0 Å². The summed E-state index contributed by atoms with van der Waals surface area (Å²) in [7, 11) is 3.12. The van der Waals surface area contributed by atoms with Crippen LogP contribution in [0, 0.1) is 6.92 Å². The van der Waals surface area contributed by atoms with E-state index < -0.39 is 6.36 Å². The fourth-order valence-electron chi connectivity index (χ4n) is 3.86. The lowest BCUT2D eigenvalue weighted by Gasteiger charge is -2.19. The largest absolute Gasteiger partial charge is 0.573 e. The highest BCUT2D eigenvalue weighted by Gasteiger charge is 2.32. The van der Waals surface area contributed by atoms with E-state index in [0.29, 0.717) is 39.8 Å². The number of ether oxygens (including phenoxy) is 3. The average Bonchev–Trinajstić information content (AvgIpc) is 2.82. The Balaban J connectivity index is 1.69. The van der Waals surface area contributed by atoms with Crippen LogP contribution in [0.4, 0.5) is 19.0 Å². The molecule has 4 aromatic rings. The molecule has 0 aliphatic rings. The van der Waals surface area contributed by atoms with Crippen LogP contribution in [-0.2, 0) is 0 Å². The third-order valence-electron chi connectivity index (χ3n) is 5.48. The number of aromatic nitrogens is 2. The van der Waals surface area contributed by atoms with E-state index in [1.165, 1.54) is 12.1 Å². The first kappa shape index (κ1) is 24.1. The second-order valence-corrected chi connectivity index (χ2v) is 7.88. The minimum atomic E-state index is -4.78. The summed E-state index contributed by atoms with van der Waals surface area (Å²) in [5, 5.41) is 4.15. The van der Waals surface area contributed by atoms with Crippen molar-refractivity contribution in [1.29, 1.82) is 0 Å². The molecule has 6 nitrogen and oxygen atoms in total. The van der Waals surface area contributed by atoms with E-state index in [9.17, 15) is 13.2 Å². The molecule has 0 bridgehead atoms. The maximum atomic E-state index is 12.9. The van der Waals surface area contributed by atoms with Gasteiger partial charge in [0.25, 0.3) is 0 Å². The molecule has 35 heavy (non-hydrogen) atoms. The third-order valence-corrected chi connectivity index (χ3v) is 5.48. The minimum absolute atomic E-state index is 0.226. The zero-order chi connectivity index (χ0) is 25.2. The molecule has 1 atom stereocenters. The lowest BCUT2D eigenvalue weighted by Crippen LogP contribution is -2.17. The Hall–Kier alpha value is -4.01. The van der Waals surface area contributed by atoms with E-state index in [4.69, 9.17) is 9.47 Å². The van der Waals surface area contributed by atoms with Gasteiger partial charge < -0.3 is 19.5 Å². The van der Waals surface area contributed by atoms with Crippen molar-refractivity contribution in [3.63, 3.8) is 0 Å². The molecule has 0 saturated heterocycles. The minimum Gasteiger partial charge on any atom is -0.493 e. The van der Waals surface area contributed by atoms with Gasteiger partial charge in [0.15, 0.2) is 11.5 Å². The molecule has 1 unspecified atom stereocenters. The number of anilines is 1. The highest BCUT2D eigenvalue weighted by atomic mass is 19.4. The first-order valence-electron chi connectivity index (χ1n) is 10.8. The smallest absolute Gasteiger partial charge is 0.493 e. The number of nitrogens with zero attached hydrogens (tertiary/aromatic N) is 2. The van der Waals surface area contributed by atoms with Crippen LogP contribution in [0.15, 0.2) is 60.7 Å². The van der Waals surface area contributed by atoms with Gasteiger partial charge in [-0.1, -0.05) is 36.4 Å². The number of alkyl halides is 3. The van der Waals surface area contributed by atoms with Crippen LogP contribution in [0.5, 0.6) is 17.2 Å². The number of para-hydroxylation sites is 1. The molecule has 0 saturated carbocycles. The lowest BCUT2D eigenvalue weighted by atomic mass is 9.99. The van der Waals surface area contributed by atoms with E-state index in [-0.39, 0.29) is 11.8 Å². The Morgan fingerprint density at radius 2 is 1.57 bits per heavy atom. The van der Waals surface area contributed by atoms with Crippen molar-refractivity contribution in [1.82, 2.24) is 9.97 Å². The van der Waals surface area contributed by atoms with Gasteiger partial charge in [0.05, 0.1) is 19.7 Å². The normalized spacial score (nSPS) is 12.3. The van der Waals surface area contributed by atoms with Crippen LogP contribution in [0.2, 0.25) is 0 Å². The van der Waals surface area contributed by atoms with Crippen molar-refractivity contribution in [2.45, 2.75) is 26.3 Å². The second kappa shape index (κ2) is 9.69. The Morgan fingerprint density at radius 3 is 2.29 bits per heavy atom. The Bertz CT molecular complexity index is 1360. The number of nitrogens with one attached hydrogen (secondary N) is 1. The summed E-state index contributed by atoms with van der Waals surface area (Å²) in [4.78, 5) is 9.07. The van der Waals surface area contributed by atoms with Gasteiger partial charge in [0.2, 0.25) is 0 Å². The summed E-state index contributed by atoms with van der Waals surface area (Å²) in [5.41, 5.74) is 2.50. The molecule has 0 spiro atoms. The van der Waals surface area contributed by atoms with E-state index in [2.05, 4.69) is 20.0 Å². The van der Waals surface area contributed by atoms with E-state index in [1.807, 2.05) is 25.1 Å². The van der Waals surface area contributed by atoms with Gasteiger partial charge in [-0.25, -0.2) is 9.97 Å². The fraction of sp³-hybridized carbons (Fsp3) is 0.231. The first-order chi connectivity index (χ1) is 16.7. The van der Waals surface area contributed by atoms with E-state index >= 15 is 0 Å². The van der Waals surface area contributed by atoms with Gasteiger partial charge >= 0.3 is 6.36 Å². The maximum absolute atomic E-state index is 12.9. The Morgan fingerprint density at radius 1 is 0.857 bits per heavy atom. The molecule has 9 heteroatoms. The zero-order valence-corrected chi connectivity index (χ0v) is 19.6. The van der Waals surface area contributed by atoms with Crippen molar-refractivity contribution in [2.75, 3.05) is 19.5 Å². The molecule has 3 aromatic carbocycles. The van der Waals surface area contributed by atoms with Gasteiger partial charge in [-0.3, -0.25) is 0 Å². The molecular weight excluding hydrogens is 459 g/mol. The van der Waals surface area contributed by atoms with Gasteiger partial charge in [-0.05, 0) is 43.2 Å². The molecule has 1 heterocycles. The number of fused-ring (bicyclic) bond motifs is 1. The standard InChI is InChI=1S/C26H24F3N3O3/c1-15(30-25-20-13-23(33-3)24(34-4)14-21(20)31-16(2)32-25)17-8-7-9-18(12-17)19-10-5-6-11-22(19)35-26(27,28)29/h5-15H,1-4H3,(H,30,31,32). The van der Waals surface area contributed by atoms with Crippen LogP contribution in [-0.4, -0.2) is 30.5 Å². The number of hydrogen-bond donors (Lipinski definition) is 1. The van der Waals surface area contributed by atoms with Crippen LogP contribution in [0.1, 0.15) is 24.4 Å². The number of benzene rings is 3. The average molecular weight is 483 g/mol. The van der Waals surface area contributed by atoms with Gasteiger partial charge in [-0.15, -0.1) is 13.2 Å². The number of rotatable bonds is 7. The number of hydrogen-bond acceptors (Lipinski definition) is 6. The molecule has 0 aliphatic heterocycles. The predicted octanol–water partition coefficient (Wildman–Crippen LogP) is 6.69. The third kappa shape index (κ3) is 5.40. The van der Waals surface area contributed by atoms with Crippen molar-refractivity contribution in [2.24, 2.45) is 0 Å². The number of halogens is 3. The Kier molecular flexibility index (Phi) is 6.68. The highest BCUT2D eigenvalue weighted by Crippen LogP contribution is 2.37. The molecule has 1 N–H and O–H groups in total. The highest BCUT2D eigenvalue weighted by molar-refractivity contribution is 5.92. The SMILES string of the molecule is COc1cc2nc(C)nc(NC(C)c3cccc(-c4ccccc4OC(F)(F)F)c3)c2cc1OC. The number of methoxy groups -OCH3 is 2. The molecule has 0 amide bonds. The van der Waals surface area contributed by atoms with Crippen molar-refractivity contribution in [3.05, 3.63) is 72.1 Å². The first-order valence-corrected chi connectivity index (χ1v) is 10.8. The van der Waals surface area contributed by atoms with Gasteiger partial charge in [0.1, 0.15) is 17.4 Å². The summed E-state index contributed by atoms with van der Waals surface area (Å²) < 4.78 is 53.7. The summed E-state index contributed by atoms with van der Waals surface area (Å²) >= 11 is 0. The summed E-state index contributed by atoms with van der Waals surface area (Å²) in [6.07, 6.45) is -4.78. The zero-order valence-electron chi connectivity index (χ0n) is 19.6.